The summed E-state index contributed by atoms with van der Waals surface area (Å²) in [5, 5.41) is 22.3. The van der Waals surface area contributed by atoms with Crippen LogP contribution in [0.4, 0.5) is 0 Å². The molecular formula is C14H9BrN2O3. The van der Waals surface area contributed by atoms with Gasteiger partial charge in [-0.15, -0.1) is 4.73 Å². The van der Waals surface area contributed by atoms with Gasteiger partial charge in [0.15, 0.2) is 5.52 Å². The number of rotatable bonds is 1. The maximum absolute atomic E-state index is 12.4. The van der Waals surface area contributed by atoms with Crippen LogP contribution >= 0.6 is 15.9 Å². The molecule has 3 aromatic rings. The van der Waals surface area contributed by atoms with Crippen molar-refractivity contribution in [3.8, 4) is 11.3 Å². The number of halogens is 1. The highest BCUT2D eigenvalue weighted by atomic mass is 79.9. The van der Waals surface area contributed by atoms with E-state index in [4.69, 9.17) is 0 Å². The van der Waals surface area contributed by atoms with Gasteiger partial charge in [0.25, 0.3) is 5.69 Å². The molecule has 100 valence electrons. The summed E-state index contributed by atoms with van der Waals surface area (Å²) in [5.74, 6) is 0. The summed E-state index contributed by atoms with van der Waals surface area (Å²) in [4.78, 5) is 12.2. The zero-order valence-electron chi connectivity index (χ0n) is 10.2. The van der Waals surface area contributed by atoms with E-state index in [1.165, 1.54) is 6.07 Å². The molecule has 1 N–H and O–H groups in total. The molecule has 20 heavy (non-hydrogen) atoms. The summed E-state index contributed by atoms with van der Waals surface area (Å²) in [7, 11) is 0. The van der Waals surface area contributed by atoms with Crippen LogP contribution in [0.3, 0.4) is 0 Å². The minimum Gasteiger partial charge on any atom is -0.618 e. The summed E-state index contributed by atoms with van der Waals surface area (Å²) in [6, 6.07) is 13.1. The third-order valence-corrected chi connectivity index (χ3v) is 3.57. The lowest BCUT2D eigenvalue weighted by Crippen LogP contribution is -2.40. The Balaban J connectivity index is 2.42. The molecule has 0 amide bonds. The van der Waals surface area contributed by atoms with E-state index in [1.807, 2.05) is 0 Å². The van der Waals surface area contributed by atoms with Crippen LogP contribution in [-0.2, 0) is 0 Å². The molecule has 0 unspecified atom stereocenters. The first-order valence-corrected chi connectivity index (χ1v) is 6.61. The van der Waals surface area contributed by atoms with Gasteiger partial charge in [0, 0.05) is 10.5 Å². The first-order valence-electron chi connectivity index (χ1n) is 5.82. The van der Waals surface area contributed by atoms with Crippen LogP contribution in [0.1, 0.15) is 0 Å². The topological polar surface area (TPSA) is 69.2 Å². The van der Waals surface area contributed by atoms with Crippen molar-refractivity contribution in [2.24, 2.45) is 0 Å². The van der Waals surface area contributed by atoms with Gasteiger partial charge in [-0.05, 0) is 30.3 Å². The normalized spacial score (nSPS) is 10.8. The Kier molecular flexibility index (Phi) is 2.94. The average Bonchev–Trinajstić information content (AvgIpc) is 2.47. The van der Waals surface area contributed by atoms with Crippen LogP contribution in [-0.4, -0.2) is 9.94 Å². The summed E-state index contributed by atoms with van der Waals surface area (Å²) >= 11 is 3.29. The van der Waals surface area contributed by atoms with Gasteiger partial charge in [0.05, 0.1) is 5.56 Å². The third-order valence-electron chi connectivity index (χ3n) is 3.04. The number of para-hydroxylation sites is 2. The maximum atomic E-state index is 12.4. The number of benzene rings is 2. The van der Waals surface area contributed by atoms with E-state index in [9.17, 15) is 15.2 Å². The average molecular weight is 333 g/mol. The molecule has 2 aromatic carbocycles. The van der Waals surface area contributed by atoms with Gasteiger partial charge in [-0.2, -0.15) is 4.73 Å². The molecular weight excluding hydrogens is 324 g/mol. The third kappa shape index (κ3) is 1.85. The standard InChI is InChI=1S/C14H9BrN2O3/c15-10-7-5-9(6-8-10)13-14(18)17(20)12-4-2-1-3-11(12)16(13)19/h1-8,20H. The molecule has 6 heteroatoms. The fourth-order valence-corrected chi connectivity index (χ4v) is 2.34. The maximum Gasteiger partial charge on any atom is 0.357 e. The second-order valence-corrected chi connectivity index (χ2v) is 5.17. The lowest BCUT2D eigenvalue weighted by atomic mass is 10.1. The van der Waals surface area contributed by atoms with E-state index in [0.717, 1.165) is 4.47 Å². The first-order chi connectivity index (χ1) is 9.59. The molecule has 0 saturated carbocycles. The van der Waals surface area contributed by atoms with Crippen molar-refractivity contribution in [2.75, 3.05) is 0 Å². The van der Waals surface area contributed by atoms with Crippen molar-refractivity contribution in [1.82, 2.24) is 4.73 Å². The Morgan fingerprint density at radius 2 is 1.75 bits per heavy atom. The summed E-state index contributed by atoms with van der Waals surface area (Å²) in [5.41, 5.74) is -0.0117. The Bertz CT molecular complexity index is 857. The zero-order chi connectivity index (χ0) is 14.3. The molecule has 0 fully saturated rings. The van der Waals surface area contributed by atoms with Gasteiger partial charge in [-0.3, -0.25) is 4.79 Å². The van der Waals surface area contributed by atoms with Crippen molar-refractivity contribution in [3.63, 3.8) is 0 Å². The van der Waals surface area contributed by atoms with Crippen LogP contribution in [0.5, 0.6) is 0 Å². The van der Waals surface area contributed by atoms with Crippen LogP contribution in [0, 0.1) is 5.21 Å². The molecule has 0 spiro atoms. The zero-order valence-corrected chi connectivity index (χ0v) is 11.7. The quantitative estimate of drug-likeness (QED) is 0.422. The molecule has 0 aliphatic heterocycles. The summed E-state index contributed by atoms with van der Waals surface area (Å²) in [6.07, 6.45) is 0. The Morgan fingerprint density at radius 3 is 2.45 bits per heavy atom. The number of hydrogen-bond acceptors (Lipinski definition) is 3. The van der Waals surface area contributed by atoms with Crippen molar-refractivity contribution < 1.29 is 9.94 Å². The summed E-state index contributed by atoms with van der Waals surface area (Å²) in [6.45, 7) is 0. The molecule has 5 nitrogen and oxygen atoms in total. The van der Waals surface area contributed by atoms with Gasteiger partial charge < -0.3 is 10.4 Å². The smallest absolute Gasteiger partial charge is 0.357 e. The van der Waals surface area contributed by atoms with Crippen LogP contribution in [0.25, 0.3) is 22.3 Å². The number of hydrogen-bond donors (Lipinski definition) is 1. The number of aromatic nitrogens is 2. The fourth-order valence-electron chi connectivity index (χ4n) is 2.08. The molecule has 0 atom stereocenters. The minimum absolute atomic E-state index is 0.112. The van der Waals surface area contributed by atoms with Crippen LogP contribution in [0.15, 0.2) is 57.8 Å². The van der Waals surface area contributed by atoms with Gasteiger partial charge in [0.1, 0.15) is 0 Å². The van der Waals surface area contributed by atoms with E-state index in [-0.39, 0.29) is 16.7 Å². The Morgan fingerprint density at radius 1 is 1.10 bits per heavy atom. The number of fused-ring (bicyclic) bond motifs is 1. The second-order valence-electron chi connectivity index (χ2n) is 4.26. The van der Waals surface area contributed by atoms with Crippen molar-refractivity contribution >= 4 is 27.0 Å². The van der Waals surface area contributed by atoms with E-state index >= 15 is 0 Å². The lowest BCUT2D eigenvalue weighted by Gasteiger charge is -2.09. The highest BCUT2D eigenvalue weighted by molar-refractivity contribution is 9.10. The fraction of sp³-hybridized carbons (Fsp3) is 0. The van der Waals surface area contributed by atoms with E-state index in [1.54, 1.807) is 42.5 Å². The monoisotopic (exact) mass is 332 g/mol. The largest absolute Gasteiger partial charge is 0.618 e. The van der Waals surface area contributed by atoms with E-state index < -0.39 is 5.56 Å². The predicted octanol–water partition coefficient (Wildman–Crippen LogP) is 2.30. The summed E-state index contributed by atoms with van der Waals surface area (Å²) < 4.78 is 1.89. The highest BCUT2D eigenvalue weighted by Gasteiger charge is 2.21. The van der Waals surface area contributed by atoms with Crippen LogP contribution < -0.4 is 10.3 Å². The Labute approximate surface area is 122 Å². The number of nitrogens with zero attached hydrogens (tertiary/aromatic N) is 2. The second kappa shape index (κ2) is 4.64. The minimum atomic E-state index is -0.749. The van der Waals surface area contributed by atoms with Gasteiger partial charge in [-0.25, -0.2) is 0 Å². The van der Waals surface area contributed by atoms with E-state index in [0.29, 0.717) is 15.0 Å². The molecule has 1 heterocycles. The molecule has 0 bridgehead atoms. The van der Waals surface area contributed by atoms with Gasteiger partial charge in [0.2, 0.25) is 5.52 Å². The lowest BCUT2D eigenvalue weighted by molar-refractivity contribution is -0.566. The molecule has 0 aliphatic rings. The van der Waals surface area contributed by atoms with E-state index in [2.05, 4.69) is 15.9 Å². The van der Waals surface area contributed by atoms with Crippen molar-refractivity contribution in [2.45, 2.75) is 0 Å². The van der Waals surface area contributed by atoms with Gasteiger partial charge >= 0.3 is 5.56 Å². The Hall–Kier alpha value is -2.34. The van der Waals surface area contributed by atoms with Gasteiger partial charge in [-0.1, -0.05) is 28.1 Å². The highest BCUT2D eigenvalue weighted by Crippen LogP contribution is 2.18. The first kappa shape index (κ1) is 12.7. The van der Waals surface area contributed by atoms with Crippen molar-refractivity contribution in [1.29, 1.82) is 0 Å². The van der Waals surface area contributed by atoms with Crippen LogP contribution in [0.2, 0.25) is 0 Å². The molecule has 1 aromatic heterocycles. The molecule has 0 radical (unpaired) electrons. The van der Waals surface area contributed by atoms with Crippen molar-refractivity contribution in [3.05, 3.63) is 68.6 Å². The molecule has 0 saturated heterocycles. The molecule has 3 rings (SSSR count). The SMILES string of the molecule is O=c1c(-c2ccc(Br)cc2)[n+]([O-])c2ccccc2n1O. The predicted molar refractivity (Wildman–Crippen MR) is 77.5 cm³/mol. The molecule has 0 aliphatic carbocycles.